The van der Waals surface area contributed by atoms with Crippen molar-refractivity contribution in [1.29, 1.82) is 0 Å². The van der Waals surface area contributed by atoms with Gasteiger partial charge in [0.05, 0.1) is 16.6 Å². The highest BCUT2D eigenvalue weighted by atomic mass is 35.5. The Hall–Kier alpha value is -1.87. The number of hydrogen-bond acceptors (Lipinski definition) is 1. The predicted molar refractivity (Wildman–Crippen MR) is 85.6 cm³/mol. The van der Waals surface area contributed by atoms with Crippen molar-refractivity contribution in [3.05, 3.63) is 70.0 Å². The second-order valence-corrected chi connectivity index (χ2v) is 6.07. The molecule has 0 bridgehead atoms. The van der Waals surface area contributed by atoms with E-state index in [9.17, 15) is 9.18 Å². The maximum atomic E-state index is 14.0. The summed E-state index contributed by atoms with van der Waals surface area (Å²) in [7, 11) is 0. The van der Waals surface area contributed by atoms with Crippen molar-refractivity contribution < 1.29 is 9.18 Å². The Morgan fingerprint density at radius 3 is 2.77 bits per heavy atom. The lowest BCUT2D eigenvalue weighted by molar-refractivity contribution is 0.0731. The number of nitrogens with zero attached hydrogens (tertiary/aromatic N) is 1. The average Bonchev–Trinajstić information content (AvgIpc) is 2.96. The van der Waals surface area contributed by atoms with Crippen molar-refractivity contribution in [2.75, 3.05) is 6.54 Å². The van der Waals surface area contributed by atoms with E-state index in [-0.39, 0.29) is 22.5 Å². The van der Waals surface area contributed by atoms with Crippen molar-refractivity contribution in [3.63, 3.8) is 0 Å². The van der Waals surface area contributed by atoms with E-state index in [1.54, 1.807) is 11.0 Å². The van der Waals surface area contributed by atoms with Gasteiger partial charge in [-0.15, -0.1) is 0 Å². The predicted octanol–water partition coefficient (Wildman–Crippen LogP) is 4.76. The number of hydrogen-bond donors (Lipinski definition) is 0. The third kappa shape index (κ3) is 2.73. The average molecular weight is 318 g/mol. The smallest absolute Gasteiger partial charge is 0.258 e. The van der Waals surface area contributed by atoms with Crippen molar-refractivity contribution >= 4 is 17.5 Å². The van der Waals surface area contributed by atoms with Gasteiger partial charge in [0.2, 0.25) is 0 Å². The summed E-state index contributed by atoms with van der Waals surface area (Å²) in [5, 5.41) is 0.167. The minimum absolute atomic E-state index is 0.0110. The van der Waals surface area contributed by atoms with Crippen LogP contribution in [0.2, 0.25) is 5.02 Å². The van der Waals surface area contributed by atoms with E-state index in [1.807, 2.05) is 25.1 Å². The van der Waals surface area contributed by atoms with Gasteiger partial charge in [-0.1, -0.05) is 47.5 Å². The number of carbonyl (C=O) groups excluding carboxylic acids is 1. The molecule has 0 saturated carbocycles. The molecule has 1 atom stereocenters. The van der Waals surface area contributed by atoms with Gasteiger partial charge < -0.3 is 4.90 Å². The van der Waals surface area contributed by atoms with Crippen molar-refractivity contribution in [2.45, 2.75) is 25.8 Å². The second kappa shape index (κ2) is 6.09. The molecular weight excluding hydrogens is 301 g/mol. The monoisotopic (exact) mass is 317 g/mol. The highest BCUT2D eigenvalue weighted by molar-refractivity contribution is 6.33. The first-order valence-corrected chi connectivity index (χ1v) is 7.77. The van der Waals surface area contributed by atoms with Crippen LogP contribution in [0.5, 0.6) is 0 Å². The molecule has 0 aromatic heterocycles. The van der Waals surface area contributed by atoms with Crippen LogP contribution in [-0.2, 0) is 0 Å². The quantitative estimate of drug-likeness (QED) is 0.781. The Kier molecular flexibility index (Phi) is 4.16. The minimum Gasteiger partial charge on any atom is -0.331 e. The number of benzene rings is 2. The largest absolute Gasteiger partial charge is 0.331 e. The molecule has 1 heterocycles. The molecule has 22 heavy (non-hydrogen) atoms. The third-order valence-electron chi connectivity index (χ3n) is 4.12. The number of rotatable bonds is 2. The summed E-state index contributed by atoms with van der Waals surface area (Å²) in [4.78, 5) is 14.5. The molecule has 2 aromatic carbocycles. The summed E-state index contributed by atoms with van der Waals surface area (Å²) >= 11 is 6.03. The van der Waals surface area contributed by atoms with Gasteiger partial charge in [-0.25, -0.2) is 4.39 Å². The molecule has 1 saturated heterocycles. The molecule has 1 aliphatic rings. The molecule has 3 rings (SSSR count). The van der Waals surface area contributed by atoms with Crippen molar-refractivity contribution in [3.8, 4) is 0 Å². The van der Waals surface area contributed by atoms with Gasteiger partial charge in [0.25, 0.3) is 5.91 Å². The maximum Gasteiger partial charge on any atom is 0.258 e. The first kappa shape index (κ1) is 15.0. The first-order chi connectivity index (χ1) is 10.6. The number of amides is 1. The molecule has 2 aromatic rings. The van der Waals surface area contributed by atoms with Gasteiger partial charge in [-0.3, -0.25) is 4.79 Å². The summed E-state index contributed by atoms with van der Waals surface area (Å²) in [5.74, 6) is -0.889. The molecule has 2 nitrogen and oxygen atoms in total. The van der Waals surface area contributed by atoms with Crippen LogP contribution in [0.15, 0.2) is 42.5 Å². The van der Waals surface area contributed by atoms with Crippen LogP contribution in [0.25, 0.3) is 0 Å². The normalized spacial score (nSPS) is 17.8. The third-order valence-corrected chi connectivity index (χ3v) is 4.43. The van der Waals surface area contributed by atoms with Gasteiger partial charge in [0.15, 0.2) is 0 Å². The van der Waals surface area contributed by atoms with Crippen molar-refractivity contribution in [2.24, 2.45) is 0 Å². The fraction of sp³-hybridized carbons (Fsp3) is 0.278. The van der Waals surface area contributed by atoms with Gasteiger partial charge in [0, 0.05) is 6.54 Å². The summed E-state index contributed by atoms with van der Waals surface area (Å²) < 4.78 is 14.0. The standard InChI is InChI=1S/C18H17ClFNO/c1-12-5-2-6-13(11-12)16-9-4-10-21(16)18(22)17-14(19)7-3-8-15(17)20/h2-3,5-8,11,16H,4,9-10H2,1H3/t16-/m0/s1. The highest BCUT2D eigenvalue weighted by Gasteiger charge is 2.32. The lowest BCUT2D eigenvalue weighted by Gasteiger charge is -2.26. The minimum atomic E-state index is -0.563. The van der Waals surface area contributed by atoms with Gasteiger partial charge in [-0.2, -0.15) is 0 Å². The zero-order valence-electron chi connectivity index (χ0n) is 12.4. The first-order valence-electron chi connectivity index (χ1n) is 7.39. The van der Waals surface area contributed by atoms with Crippen LogP contribution in [0.3, 0.4) is 0 Å². The zero-order chi connectivity index (χ0) is 15.7. The lowest BCUT2D eigenvalue weighted by atomic mass is 10.0. The topological polar surface area (TPSA) is 20.3 Å². The number of carbonyl (C=O) groups is 1. The van der Waals surface area contributed by atoms with E-state index >= 15 is 0 Å². The SMILES string of the molecule is Cc1cccc([C@@H]2CCCN2C(=O)c2c(F)cccc2Cl)c1. The van der Waals surface area contributed by atoms with E-state index < -0.39 is 5.82 Å². The maximum absolute atomic E-state index is 14.0. The molecular formula is C18H17ClFNO. The molecule has 4 heteroatoms. The molecule has 1 aliphatic heterocycles. The van der Waals surface area contributed by atoms with Crippen LogP contribution < -0.4 is 0 Å². The van der Waals surface area contributed by atoms with E-state index in [0.29, 0.717) is 6.54 Å². The Morgan fingerprint density at radius 2 is 2.05 bits per heavy atom. The fourth-order valence-corrected chi connectivity index (χ4v) is 3.32. The van der Waals surface area contributed by atoms with Gasteiger partial charge >= 0.3 is 0 Å². The van der Waals surface area contributed by atoms with Crippen LogP contribution in [0, 0.1) is 12.7 Å². The highest BCUT2D eigenvalue weighted by Crippen LogP contribution is 2.34. The summed E-state index contributed by atoms with van der Waals surface area (Å²) in [6.45, 7) is 2.65. The molecule has 0 aliphatic carbocycles. The number of halogens is 2. The second-order valence-electron chi connectivity index (χ2n) is 5.67. The van der Waals surface area contributed by atoms with Crippen LogP contribution >= 0.6 is 11.6 Å². The molecule has 0 N–H and O–H groups in total. The molecule has 1 fully saturated rings. The fourth-order valence-electron chi connectivity index (χ4n) is 3.08. The molecule has 0 radical (unpaired) electrons. The van der Waals surface area contributed by atoms with E-state index in [1.165, 1.54) is 12.1 Å². The van der Waals surface area contributed by atoms with Gasteiger partial charge in [-0.05, 0) is 37.5 Å². The van der Waals surface area contributed by atoms with Crippen LogP contribution in [0.1, 0.15) is 40.4 Å². The zero-order valence-corrected chi connectivity index (χ0v) is 13.1. The van der Waals surface area contributed by atoms with Crippen LogP contribution in [-0.4, -0.2) is 17.4 Å². The lowest BCUT2D eigenvalue weighted by Crippen LogP contribution is -2.31. The summed E-state index contributed by atoms with van der Waals surface area (Å²) in [6.07, 6.45) is 1.80. The Bertz CT molecular complexity index is 696. The number of likely N-dealkylation sites (tertiary alicyclic amines) is 1. The molecule has 0 spiro atoms. The van der Waals surface area contributed by atoms with Crippen LogP contribution in [0.4, 0.5) is 4.39 Å². The van der Waals surface area contributed by atoms with Crippen molar-refractivity contribution in [1.82, 2.24) is 4.90 Å². The Balaban J connectivity index is 1.95. The summed E-state index contributed by atoms with van der Waals surface area (Å²) in [6, 6.07) is 12.4. The van der Waals surface area contributed by atoms with E-state index in [4.69, 9.17) is 11.6 Å². The summed E-state index contributed by atoms with van der Waals surface area (Å²) in [5.41, 5.74) is 2.22. The molecule has 114 valence electrons. The Labute approximate surface area is 134 Å². The van der Waals surface area contributed by atoms with E-state index in [0.717, 1.165) is 24.0 Å². The molecule has 1 amide bonds. The Morgan fingerprint density at radius 1 is 1.27 bits per heavy atom. The number of aryl methyl sites for hydroxylation is 1. The van der Waals surface area contributed by atoms with Gasteiger partial charge in [0.1, 0.15) is 5.82 Å². The molecule has 0 unspecified atom stereocenters. The van der Waals surface area contributed by atoms with E-state index in [2.05, 4.69) is 6.07 Å².